The monoisotopic (exact) mass is 359 g/mol. The average Bonchev–Trinajstić information content (AvgIpc) is 2.99. The van der Waals surface area contributed by atoms with Crippen molar-refractivity contribution in [3.63, 3.8) is 0 Å². The van der Waals surface area contributed by atoms with E-state index in [4.69, 9.17) is 4.74 Å². The summed E-state index contributed by atoms with van der Waals surface area (Å²) >= 11 is 0. The minimum absolute atomic E-state index is 0.0253. The molecule has 0 saturated carbocycles. The van der Waals surface area contributed by atoms with E-state index >= 15 is 0 Å². The molecule has 1 aliphatic heterocycles. The Kier molecular flexibility index (Phi) is 5.92. The van der Waals surface area contributed by atoms with E-state index in [9.17, 15) is 18.0 Å². The number of aromatic nitrogens is 1. The van der Waals surface area contributed by atoms with Crippen molar-refractivity contribution in [2.24, 2.45) is 5.41 Å². The van der Waals surface area contributed by atoms with Gasteiger partial charge in [0.15, 0.2) is 0 Å². The fraction of sp³-hybridized carbons (Fsp3) is 0.647. The molecule has 2 rings (SSSR count). The van der Waals surface area contributed by atoms with Crippen molar-refractivity contribution >= 4 is 5.91 Å². The number of hydrogen-bond donors (Lipinski definition) is 2. The van der Waals surface area contributed by atoms with Crippen molar-refractivity contribution in [2.75, 3.05) is 13.2 Å². The second kappa shape index (κ2) is 7.59. The first-order chi connectivity index (χ1) is 11.6. The first kappa shape index (κ1) is 19.5. The molecule has 0 radical (unpaired) electrons. The SMILES string of the molecule is CCC1NCCC1NC(=O)C(C)(C)COc1ncccc1C(F)(F)F. The molecule has 0 spiro atoms. The predicted octanol–water partition coefficient (Wildman–Crippen LogP) is 2.76. The summed E-state index contributed by atoms with van der Waals surface area (Å²) in [6, 6.07) is 2.35. The van der Waals surface area contributed by atoms with Gasteiger partial charge < -0.3 is 15.4 Å². The Hall–Kier alpha value is -1.83. The summed E-state index contributed by atoms with van der Waals surface area (Å²) in [6.07, 6.45) is -1.60. The Bertz CT molecular complexity index is 605. The Morgan fingerprint density at radius 1 is 1.44 bits per heavy atom. The molecule has 5 nitrogen and oxygen atoms in total. The van der Waals surface area contributed by atoms with Crippen LogP contribution >= 0.6 is 0 Å². The first-order valence-corrected chi connectivity index (χ1v) is 8.34. The van der Waals surface area contributed by atoms with Crippen LogP contribution in [0.15, 0.2) is 18.3 Å². The molecule has 1 aliphatic rings. The number of hydrogen-bond acceptors (Lipinski definition) is 4. The molecule has 8 heteroatoms. The number of carbonyl (C=O) groups is 1. The number of rotatable bonds is 6. The zero-order chi connectivity index (χ0) is 18.7. The van der Waals surface area contributed by atoms with Gasteiger partial charge in [0.2, 0.25) is 11.8 Å². The van der Waals surface area contributed by atoms with E-state index in [0.29, 0.717) is 0 Å². The third-order valence-corrected chi connectivity index (χ3v) is 4.36. The Labute approximate surface area is 145 Å². The Morgan fingerprint density at radius 2 is 2.16 bits per heavy atom. The van der Waals surface area contributed by atoms with Crippen molar-refractivity contribution < 1.29 is 22.7 Å². The second-order valence-corrected chi connectivity index (χ2v) is 6.86. The van der Waals surface area contributed by atoms with Gasteiger partial charge in [-0.15, -0.1) is 0 Å². The lowest BCUT2D eigenvalue weighted by Crippen LogP contribution is -2.49. The molecular weight excluding hydrogens is 335 g/mol. The van der Waals surface area contributed by atoms with Crippen LogP contribution in [0.3, 0.4) is 0 Å². The summed E-state index contributed by atoms with van der Waals surface area (Å²) in [4.78, 5) is 16.2. The van der Waals surface area contributed by atoms with E-state index in [1.807, 2.05) is 6.92 Å². The van der Waals surface area contributed by atoms with Crippen molar-refractivity contribution in [3.05, 3.63) is 23.9 Å². The van der Waals surface area contributed by atoms with Gasteiger partial charge in [-0.1, -0.05) is 6.92 Å². The maximum Gasteiger partial charge on any atom is 0.421 e. The number of nitrogens with one attached hydrogen (secondary N) is 2. The van der Waals surface area contributed by atoms with Crippen LogP contribution in [0.5, 0.6) is 5.88 Å². The molecule has 2 unspecified atom stereocenters. The fourth-order valence-electron chi connectivity index (χ4n) is 2.77. The molecule has 140 valence electrons. The summed E-state index contributed by atoms with van der Waals surface area (Å²) in [7, 11) is 0. The summed E-state index contributed by atoms with van der Waals surface area (Å²) in [5.74, 6) is -0.756. The van der Waals surface area contributed by atoms with Crippen LogP contribution in [-0.4, -0.2) is 36.1 Å². The zero-order valence-corrected chi connectivity index (χ0v) is 14.6. The van der Waals surface area contributed by atoms with Crippen molar-refractivity contribution in [1.82, 2.24) is 15.6 Å². The van der Waals surface area contributed by atoms with E-state index < -0.39 is 23.0 Å². The summed E-state index contributed by atoms with van der Waals surface area (Å²) < 4.78 is 44.2. The van der Waals surface area contributed by atoms with Crippen molar-refractivity contribution in [1.29, 1.82) is 0 Å². The van der Waals surface area contributed by atoms with Gasteiger partial charge in [0.25, 0.3) is 0 Å². The van der Waals surface area contributed by atoms with Gasteiger partial charge in [-0.2, -0.15) is 13.2 Å². The normalized spacial score (nSPS) is 21.2. The van der Waals surface area contributed by atoms with Crippen LogP contribution in [0.1, 0.15) is 39.2 Å². The Balaban J connectivity index is 2.01. The largest absolute Gasteiger partial charge is 0.476 e. The third-order valence-electron chi connectivity index (χ3n) is 4.36. The lowest BCUT2D eigenvalue weighted by Gasteiger charge is -2.28. The average molecular weight is 359 g/mol. The lowest BCUT2D eigenvalue weighted by molar-refractivity contribution is -0.139. The third kappa shape index (κ3) is 4.84. The molecule has 2 N–H and O–H groups in total. The molecule has 25 heavy (non-hydrogen) atoms. The molecule has 0 bridgehead atoms. The maximum absolute atomic E-state index is 13.0. The summed E-state index contributed by atoms with van der Waals surface area (Å²) in [5, 5.41) is 6.29. The molecule has 1 amide bonds. The topological polar surface area (TPSA) is 63.2 Å². The first-order valence-electron chi connectivity index (χ1n) is 8.34. The molecule has 1 aromatic heterocycles. The van der Waals surface area contributed by atoms with Crippen LogP contribution in [-0.2, 0) is 11.0 Å². The number of carbonyl (C=O) groups excluding carboxylic acids is 1. The van der Waals surface area contributed by atoms with Gasteiger partial charge >= 0.3 is 6.18 Å². The standard InChI is InChI=1S/C17H24F3N3O2/c1-4-12-13(7-9-21-12)23-15(24)16(2,3)10-25-14-11(17(18,19)20)6-5-8-22-14/h5-6,8,12-13,21H,4,7,9-10H2,1-3H3,(H,23,24). The van der Waals surface area contributed by atoms with Crippen LogP contribution in [0.25, 0.3) is 0 Å². The van der Waals surface area contributed by atoms with Crippen molar-refractivity contribution in [2.45, 2.75) is 51.9 Å². The van der Waals surface area contributed by atoms with Crippen LogP contribution in [0.4, 0.5) is 13.2 Å². The lowest BCUT2D eigenvalue weighted by atomic mass is 9.92. The number of amides is 1. The highest BCUT2D eigenvalue weighted by molar-refractivity contribution is 5.82. The summed E-state index contributed by atoms with van der Waals surface area (Å²) in [6.45, 7) is 5.96. The fourth-order valence-corrected chi connectivity index (χ4v) is 2.77. The number of ether oxygens (including phenoxy) is 1. The summed E-state index contributed by atoms with van der Waals surface area (Å²) in [5.41, 5.74) is -1.93. The van der Waals surface area contributed by atoms with E-state index in [0.717, 1.165) is 25.5 Å². The van der Waals surface area contributed by atoms with Gasteiger partial charge in [-0.3, -0.25) is 4.79 Å². The highest BCUT2D eigenvalue weighted by Gasteiger charge is 2.37. The van der Waals surface area contributed by atoms with E-state index in [2.05, 4.69) is 15.6 Å². The molecule has 1 saturated heterocycles. The minimum atomic E-state index is -4.56. The van der Waals surface area contributed by atoms with Gasteiger partial charge in [-0.25, -0.2) is 4.98 Å². The van der Waals surface area contributed by atoms with Crippen LogP contribution in [0.2, 0.25) is 0 Å². The van der Waals surface area contributed by atoms with E-state index in [1.54, 1.807) is 13.8 Å². The van der Waals surface area contributed by atoms with Gasteiger partial charge in [0.1, 0.15) is 12.2 Å². The van der Waals surface area contributed by atoms with E-state index in [-0.39, 0.29) is 24.6 Å². The Morgan fingerprint density at radius 3 is 2.80 bits per heavy atom. The number of nitrogens with zero attached hydrogens (tertiary/aromatic N) is 1. The van der Waals surface area contributed by atoms with Gasteiger partial charge in [0.05, 0.1) is 5.41 Å². The number of pyridine rings is 1. The van der Waals surface area contributed by atoms with E-state index in [1.165, 1.54) is 12.3 Å². The molecule has 1 aromatic rings. The molecule has 0 aliphatic carbocycles. The smallest absolute Gasteiger partial charge is 0.421 e. The highest BCUT2D eigenvalue weighted by Crippen LogP contribution is 2.35. The number of halogens is 3. The van der Waals surface area contributed by atoms with Gasteiger partial charge in [-0.05, 0) is 45.4 Å². The molecule has 0 aromatic carbocycles. The minimum Gasteiger partial charge on any atom is -0.476 e. The number of alkyl halides is 3. The van der Waals surface area contributed by atoms with Crippen molar-refractivity contribution in [3.8, 4) is 5.88 Å². The van der Waals surface area contributed by atoms with Crippen LogP contribution in [0, 0.1) is 5.41 Å². The quantitative estimate of drug-likeness (QED) is 0.820. The maximum atomic E-state index is 13.0. The second-order valence-electron chi connectivity index (χ2n) is 6.86. The molecular formula is C17H24F3N3O2. The van der Waals surface area contributed by atoms with Gasteiger partial charge in [0, 0.05) is 18.3 Å². The highest BCUT2D eigenvalue weighted by atomic mass is 19.4. The molecule has 2 atom stereocenters. The molecule has 1 fully saturated rings. The van der Waals surface area contributed by atoms with Crippen LogP contribution < -0.4 is 15.4 Å². The zero-order valence-electron chi connectivity index (χ0n) is 14.6. The molecule has 2 heterocycles. The predicted molar refractivity (Wildman–Crippen MR) is 87.1 cm³/mol.